The van der Waals surface area contributed by atoms with Crippen molar-refractivity contribution in [1.82, 2.24) is 9.97 Å². The molecular weight excluding hydrogens is 620 g/mol. The Morgan fingerprint density at radius 3 is 2.19 bits per heavy atom. The Hall–Kier alpha value is -2.79. The summed E-state index contributed by atoms with van der Waals surface area (Å²) in [6, 6.07) is 7.34. The van der Waals surface area contributed by atoms with Crippen molar-refractivity contribution in [2.24, 2.45) is 11.8 Å². The van der Waals surface area contributed by atoms with Crippen LogP contribution in [0.1, 0.15) is 64.3 Å². The van der Waals surface area contributed by atoms with Gasteiger partial charge in [-0.15, -0.1) is 0 Å². The first kappa shape index (κ1) is 35.5. The monoisotopic (exact) mass is 669 g/mol. The minimum Gasteiger partial charge on any atom is -0.413 e. The lowest BCUT2D eigenvalue weighted by molar-refractivity contribution is -0.0950. The molecule has 2 aliphatic heterocycles. The first-order valence-corrected chi connectivity index (χ1v) is 19.7. The summed E-state index contributed by atoms with van der Waals surface area (Å²) in [5, 5.41) is 0.148. The number of hydrogen-bond acceptors (Lipinski definition) is 6. The van der Waals surface area contributed by atoms with E-state index in [2.05, 4.69) is 62.6 Å². The van der Waals surface area contributed by atoms with E-state index in [9.17, 15) is 0 Å². The summed E-state index contributed by atoms with van der Waals surface area (Å²) in [6.07, 6.45) is 5.87. The van der Waals surface area contributed by atoms with E-state index in [0.29, 0.717) is 62.0 Å². The Balaban J connectivity index is 1.33. The molecule has 1 unspecified atom stereocenters. The van der Waals surface area contributed by atoms with E-state index in [1.54, 1.807) is 6.07 Å². The quantitative estimate of drug-likeness (QED) is 0.213. The van der Waals surface area contributed by atoms with Gasteiger partial charge in [0.2, 0.25) is 0 Å². The highest BCUT2D eigenvalue weighted by molar-refractivity contribution is 6.74. The fourth-order valence-electron chi connectivity index (χ4n) is 6.84. The van der Waals surface area contributed by atoms with Crippen LogP contribution in [-0.2, 0) is 32.3 Å². The van der Waals surface area contributed by atoms with Crippen molar-refractivity contribution in [3.8, 4) is 11.3 Å². The lowest BCUT2D eigenvalue weighted by atomic mass is 9.85. The molecule has 0 saturated carbocycles. The Bertz CT molecular complexity index is 1520. The van der Waals surface area contributed by atoms with E-state index in [0.717, 1.165) is 24.3 Å². The smallest absolute Gasteiger partial charge is 0.192 e. The van der Waals surface area contributed by atoms with Crippen molar-refractivity contribution >= 4 is 14.0 Å². The fraction of sp³-hybridized carbons (Fsp3) is 0.568. The first-order valence-electron chi connectivity index (χ1n) is 16.8. The SMILES string of the molecule is COC1(c2cc(F)c(-c3nc(CCc4cnccc4N4C[C@@H](C)C(O[Si](C)(C)C(C)(C)C)[C@@H](C)C4)ccc3F)c(F)c2)CCOCC1. The number of piperidine rings is 1. The molecule has 0 amide bonds. The molecule has 0 aliphatic carbocycles. The van der Waals surface area contributed by atoms with Crippen LogP contribution in [0.4, 0.5) is 18.9 Å². The first-order chi connectivity index (χ1) is 22.2. The van der Waals surface area contributed by atoms with Gasteiger partial charge in [0, 0.05) is 70.0 Å². The number of methoxy groups -OCH3 is 1. The molecule has 0 spiro atoms. The summed E-state index contributed by atoms with van der Waals surface area (Å²) < 4.78 is 64.3. The van der Waals surface area contributed by atoms with E-state index in [1.807, 2.05) is 18.5 Å². The van der Waals surface area contributed by atoms with Gasteiger partial charge < -0.3 is 18.8 Å². The van der Waals surface area contributed by atoms with Crippen LogP contribution in [0.15, 0.2) is 42.7 Å². The van der Waals surface area contributed by atoms with Crippen molar-refractivity contribution in [2.75, 3.05) is 38.3 Å². The van der Waals surface area contributed by atoms with Crippen LogP contribution in [0.2, 0.25) is 18.1 Å². The second-order valence-corrected chi connectivity index (χ2v) is 19.7. The zero-order valence-corrected chi connectivity index (χ0v) is 30.1. The summed E-state index contributed by atoms with van der Waals surface area (Å²) in [7, 11) is -0.385. The molecule has 256 valence electrons. The van der Waals surface area contributed by atoms with Gasteiger partial charge in [0.25, 0.3) is 0 Å². The van der Waals surface area contributed by atoms with Crippen LogP contribution < -0.4 is 4.90 Å². The average molecular weight is 670 g/mol. The molecule has 0 N–H and O–H groups in total. The molecule has 2 saturated heterocycles. The van der Waals surface area contributed by atoms with Crippen LogP contribution >= 0.6 is 0 Å². The third-order valence-electron chi connectivity index (χ3n) is 10.6. The van der Waals surface area contributed by atoms with Crippen LogP contribution in [0, 0.1) is 29.3 Å². The molecule has 2 fully saturated rings. The second-order valence-electron chi connectivity index (χ2n) is 15.0. The molecule has 5 rings (SSSR count). The predicted octanol–water partition coefficient (Wildman–Crippen LogP) is 8.48. The van der Waals surface area contributed by atoms with Crippen LogP contribution in [0.5, 0.6) is 0 Å². The van der Waals surface area contributed by atoms with Crippen LogP contribution in [0.25, 0.3) is 11.3 Å². The third kappa shape index (κ3) is 7.45. The standard InChI is InChI=1S/C37H50F3N3O3Si/c1-24-22-43(23-25(2)35(24)46-47(7,8)36(3,4)5)32-13-16-41-21-26(32)9-10-28-11-12-29(38)34(42-28)33-30(39)19-27(20-31(33)40)37(44-6)14-17-45-18-15-37/h11-13,16,19-21,24-25,35H,9-10,14-15,17-18,22-23H2,1-8H3/t24-,25+,35?. The van der Waals surface area contributed by atoms with Gasteiger partial charge in [-0.1, -0.05) is 34.6 Å². The molecule has 2 aliphatic rings. The molecular formula is C37H50F3N3O3Si. The number of anilines is 1. The van der Waals surface area contributed by atoms with Crippen molar-refractivity contribution in [3.05, 3.63) is 77.0 Å². The number of nitrogens with zero attached hydrogens (tertiary/aromatic N) is 3. The van der Waals surface area contributed by atoms with Gasteiger partial charge in [0.15, 0.2) is 8.32 Å². The van der Waals surface area contributed by atoms with Gasteiger partial charge in [-0.05, 0) is 84.3 Å². The lowest BCUT2D eigenvalue weighted by Crippen LogP contribution is -2.54. The average Bonchev–Trinajstić information content (AvgIpc) is 3.02. The number of aromatic nitrogens is 2. The third-order valence-corrected chi connectivity index (χ3v) is 15.1. The second kappa shape index (κ2) is 14.0. The molecule has 4 heterocycles. The summed E-state index contributed by atoms with van der Waals surface area (Å²) in [5.41, 5.74) is 1.42. The molecule has 0 radical (unpaired) electrons. The number of rotatable bonds is 9. The number of ether oxygens (including phenoxy) is 2. The topological polar surface area (TPSA) is 56.7 Å². The minimum atomic E-state index is -1.91. The molecule has 10 heteroatoms. The maximum absolute atomic E-state index is 15.6. The molecule has 3 atom stereocenters. The highest BCUT2D eigenvalue weighted by Gasteiger charge is 2.43. The Morgan fingerprint density at radius 2 is 1.60 bits per heavy atom. The summed E-state index contributed by atoms with van der Waals surface area (Å²) in [5.74, 6) is -1.83. The van der Waals surface area contributed by atoms with E-state index in [-0.39, 0.29) is 16.8 Å². The Kier molecular flexibility index (Phi) is 10.6. The highest BCUT2D eigenvalue weighted by atomic mass is 28.4. The minimum absolute atomic E-state index is 0.148. The summed E-state index contributed by atoms with van der Waals surface area (Å²) >= 11 is 0. The summed E-state index contributed by atoms with van der Waals surface area (Å²) in [4.78, 5) is 11.3. The Morgan fingerprint density at radius 1 is 0.957 bits per heavy atom. The van der Waals surface area contributed by atoms with Crippen LogP contribution in [0.3, 0.4) is 0 Å². The largest absolute Gasteiger partial charge is 0.413 e. The molecule has 6 nitrogen and oxygen atoms in total. The van der Waals surface area contributed by atoms with Gasteiger partial charge in [-0.2, -0.15) is 0 Å². The molecule has 2 aromatic heterocycles. The predicted molar refractivity (Wildman–Crippen MR) is 183 cm³/mol. The van der Waals surface area contributed by atoms with Crippen molar-refractivity contribution in [1.29, 1.82) is 0 Å². The van der Waals surface area contributed by atoms with Crippen molar-refractivity contribution in [2.45, 2.75) is 90.1 Å². The zero-order valence-electron chi connectivity index (χ0n) is 29.1. The van der Waals surface area contributed by atoms with Gasteiger partial charge in [0.1, 0.15) is 23.1 Å². The van der Waals surface area contributed by atoms with Gasteiger partial charge in [-0.25, -0.2) is 18.2 Å². The van der Waals surface area contributed by atoms with Crippen molar-refractivity contribution < 1.29 is 27.1 Å². The number of benzene rings is 1. The molecule has 47 heavy (non-hydrogen) atoms. The molecule has 0 bridgehead atoms. The maximum Gasteiger partial charge on any atom is 0.192 e. The van der Waals surface area contributed by atoms with Gasteiger partial charge in [0.05, 0.1) is 17.3 Å². The fourth-order valence-corrected chi connectivity index (χ4v) is 8.34. The number of halogens is 3. The van der Waals surface area contributed by atoms with Crippen molar-refractivity contribution in [3.63, 3.8) is 0 Å². The van der Waals surface area contributed by atoms with E-state index in [4.69, 9.17) is 13.9 Å². The van der Waals surface area contributed by atoms with Gasteiger partial charge in [-0.3, -0.25) is 4.98 Å². The normalized spacial score (nSPS) is 22.0. The maximum atomic E-state index is 15.6. The van der Waals surface area contributed by atoms with Gasteiger partial charge >= 0.3 is 0 Å². The molecule has 3 aromatic rings. The summed E-state index contributed by atoms with van der Waals surface area (Å²) in [6.45, 7) is 18.6. The highest BCUT2D eigenvalue weighted by Crippen LogP contribution is 2.41. The molecule has 1 aromatic carbocycles. The number of aryl methyl sites for hydroxylation is 2. The number of hydrogen-bond donors (Lipinski definition) is 0. The number of pyridine rings is 2. The van der Waals surface area contributed by atoms with E-state index >= 15 is 13.2 Å². The lowest BCUT2D eigenvalue weighted by Gasteiger charge is -2.48. The zero-order chi connectivity index (χ0) is 34.1. The van der Waals surface area contributed by atoms with Crippen LogP contribution in [-0.4, -0.2) is 57.8 Å². The Labute approximate surface area is 279 Å². The van der Waals surface area contributed by atoms with E-state index in [1.165, 1.54) is 25.3 Å². The van der Waals surface area contributed by atoms with E-state index < -0.39 is 36.9 Å².